The SMILES string of the molecule is CCN=C(NN)NC1CC1C. The third-order valence-corrected chi connectivity index (χ3v) is 1.88. The minimum absolute atomic E-state index is 0.580. The highest BCUT2D eigenvalue weighted by atomic mass is 15.3. The molecule has 0 radical (unpaired) electrons. The number of hydrazine groups is 1. The monoisotopic (exact) mass is 156 g/mol. The van der Waals surface area contributed by atoms with Gasteiger partial charge in [-0.05, 0) is 19.3 Å². The summed E-state index contributed by atoms with van der Waals surface area (Å²) in [6.07, 6.45) is 1.23. The zero-order valence-electron chi connectivity index (χ0n) is 7.09. The van der Waals surface area contributed by atoms with Crippen LogP contribution in [0.2, 0.25) is 0 Å². The molecule has 1 saturated carbocycles. The number of rotatable bonds is 2. The molecule has 0 heterocycles. The fourth-order valence-electron chi connectivity index (χ4n) is 0.990. The van der Waals surface area contributed by atoms with E-state index in [4.69, 9.17) is 5.84 Å². The maximum atomic E-state index is 5.24. The molecule has 0 saturated heterocycles. The van der Waals surface area contributed by atoms with Crippen LogP contribution in [0, 0.1) is 5.92 Å². The number of hydrogen-bond donors (Lipinski definition) is 3. The number of nitrogens with zero attached hydrogens (tertiary/aromatic N) is 1. The van der Waals surface area contributed by atoms with Crippen molar-refractivity contribution in [1.82, 2.24) is 10.7 Å². The molecule has 11 heavy (non-hydrogen) atoms. The lowest BCUT2D eigenvalue weighted by molar-refractivity contribution is 0.773. The van der Waals surface area contributed by atoms with Gasteiger partial charge in [-0.25, -0.2) is 5.84 Å². The van der Waals surface area contributed by atoms with Crippen LogP contribution in [-0.2, 0) is 0 Å². The van der Waals surface area contributed by atoms with Crippen molar-refractivity contribution in [2.75, 3.05) is 6.54 Å². The van der Waals surface area contributed by atoms with E-state index in [1.54, 1.807) is 0 Å². The Balaban J connectivity index is 2.27. The number of hydrogen-bond acceptors (Lipinski definition) is 2. The zero-order valence-corrected chi connectivity index (χ0v) is 7.09. The van der Waals surface area contributed by atoms with E-state index in [0.717, 1.165) is 12.5 Å². The van der Waals surface area contributed by atoms with Crippen LogP contribution >= 0.6 is 0 Å². The molecule has 0 aliphatic heterocycles. The first-order valence-electron chi connectivity index (χ1n) is 4.05. The first-order valence-corrected chi connectivity index (χ1v) is 4.05. The Morgan fingerprint density at radius 2 is 2.36 bits per heavy atom. The maximum absolute atomic E-state index is 5.24. The normalized spacial score (nSPS) is 29.9. The van der Waals surface area contributed by atoms with Crippen LogP contribution < -0.4 is 16.6 Å². The number of aliphatic imine (C=N–C) groups is 1. The second-order valence-electron chi connectivity index (χ2n) is 2.93. The summed E-state index contributed by atoms with van der Waals surface area (Å²) in [6.45, 7) is 4.95. The van der Waals surface area contributed by atoms with Crippen LogP contribution in [0.4, 0.5) is 0 Å². The molecule has 0 aromatic heterocycles. The second kappa shape index (κ2) is 3.57. The van der Waals surface area contributed by atoms with E-state index in [1.165, 1.54) is 6.42 Å². The number of nitrogens with one attached hydrogen (secondary N) is 2. The fourth-order valence-corrected chi connectivity index (χ4v) is 0.990. The molecular formula is C7H16N4. The van der Waals surface area contributed by atoms with Crippen LogP contribution in [0.1, 0.15) is 20.3 Å². The van der Waals surface area contributed by atoms with Crippen LogP contribution in [-0.4, -0.2) is 18.5 Å². The molecule has 4 nitrogen and oxygen atoms in total. The Labute approximate surface area is 67.2 Å². The molecule has 64 valence electrons. The van der Waals surface area contributed by atoms with Gasteiger partial charge in [0.25, 0.3) is 0 Å². The molecule has 0 spiro atoms. The molecule has 4 N–H and O–H groups in total. The molecule has 1 rings (SSSR count). The van der Waals surface area contributed by atoms with Crippen molar-refractivity contribution in [1.29, 1.82) is 0 Å². The third kappa shape index (κ3) is 2.38. The van der Waals surface area contributed by atoms with Crippen molar-refractivity contribution in [3.63, 3.8) is 0 Å². The van der Waals surface area contributed by atoms with E-state index in [0.29, 0.717) is 12.0 Å². The van der Waals surface area contributed by atoms with Gasteiger partial charge in [-0.15, -0.1) is 0 Å². The van der Waals surface area contributed by atoms with E-state index in [1.807, 2.05) is 6.92 Å². The number of guanidine groups is 1. The Kier molecular flexibility index (Phi) is 2.70. The molecular weight excluding hydrogens is 140 g/mol. The first kappa shape index (κ1) is 8.33. The Morgan fingerprint density at radius 1 is 1.73 bits per heavy atom. The minimum Gasteiger partial charge on any atom is -0.352 e. The van der Waals surface area contributed by atoms with E-state index in [9.17, 15) is 0 Å². The molecule has 1 aliphatic carbocycles. The summed E-state index contributed by atoms with van der Waals surface area (Å²) in [5, 5.41) is 3.21. The smallest absolute Gasteiger partial charge is 0.205 e. The van der Waals surface area contributed by atoms with Crippen molar-refractivity contribution in [2.24, 2.45) is 16.8 Å². The quantitative estimate of drug-likeness (QED) is 0.225. The topological polar surface area (TPSA) is 62.4 Å². The predicted molar refractivity (Wildman–Crippen MR) is 46.0 cm³/mol. The minimum atomic E-state index is 0.580. The van der Waals surface area contributed by atoms with Gasteiger partial charge in [0.1, 0.15) is 0 Å². The van der Waals surface area contributed by atoms with E-state index in [-0.39, 0.29) is 0 Å². The predicted octanol–water partition coefficient (Wildman–Crippen LogP) is -0.176. The second-order valence-corrected chi connectivity index (χ2v) is 2.93. The van der Waals surface area contributed by atoms with Crippen molar-refractivity contribution in [3.05, 3.63) is 0 Å². The molecule has 1 aliphatic rings. The van der Waals surface area contributed by atoms with Crippen molar-refractivity contribution < 1.29 is 0 Å². The van der Waals surface area contributed by atoms with Gasteiger partial charge in [-0.3, -0.25) is 10.4 Å². The summed E-state index contributed by atoms with van der Waals surface area (Å²) in [5.41, 5.74) is 2.53. The van der Waals surface area contributed by atoms with Crippen LogP contribution in [0.15, 0.2) is 4.99 Å². The first-order chi connectivity index (χ1) is 5.27. The summed E-state index contributed by atoms with van der Waals surface area (Å²) < 4.78 is 0. The highest BCUT2D eigenvalue weighted by molar-refractivity contribution is 5.79. The van der Waals surface area contributed by atoms with Crippen LogP contribution in [0.25, 0.3) is 0 Å². The average molecular weight is 156 g/mol. The summed E-state index contributed by atoms with van der Waals surface area (Å²) in [4.78, 5) is 4.13. The summed E-state index contributed by atoms with van der Waals surface area (Å²) in [5.74, 6) is 6.72. The van der Waals surface area contributed by atoms with Gasteiger partial charge in [0, 0.05) is 12.6 Å². The lowest BCUT2D eigenvalue weighted by Crippen LogP contribution is -2.43. The maximum Gasteiger partial charge on any atom is 0.205 e. The van der Waals surface area contributed by atoms with Crippen LogP contribution in [0.5, 0.6) is 0 Å². The Bertz CT molecular complexity index is 155. The molecule has 0 bridgehead atoms. The highest BCUT2D eigenvalue weighted by Crippen LogP contribution is 2.28. The van der Waals surface area contributed by atoms with Gasteiger partial charge in [-0.2, -0.15) is 0 Å². The molecule has 4 heteroatoms. The molecule has 0 aromatic rings. The van der Waals surface area contributed by atoms with Crippen molar-refractivity contribution in [3.8, 4) is 0 Å². The lowest BCUT2D eigenvalue weighted by Gasteiger charge is -2.06. The van der Waals surface area contributed by atoms with Gasteiger partial charge < -0.3 is 5.32 Å². The molecule has 2 unspecified atom stereocenters. The van der Waals surface area contributed by atoms with E-state index in [2.05, 4.69) is 22.7 Å². The average Bonchev–Trinajstić information content (AvgIpc) is 2.66. The summed E-state index contributed by atoms with van der Waals surface area (Å²) in [7, 11) is 0. The van der Waals surface area contributed by atoms with Gasteiger partial charge in [0.15, 0.2) is 0 Å². The Hall–Kier alpha value is -0.770. The van der Waals surface area contributed by atoms with Gasteiger partial charge in [0.2, 0.25) is 5.96 Å². The van der Waals surface area contributed by atoms with Crippen LogP contribution in [0.3, 0.4) is 0 Å². The molecule has 2 atom stereocenters. The van der Waals surface area contributed by atoms with Crippen molar-refractivity contribution >= 4 is 5.96 Å². The summed E-state index contributed by atoms with van der Waals surface area (Å²) in [6, 6.07) is 0.580. The summed E-state index contributed by atoms with van der Waals surface area (Å²) >= 11 is 0. The van der Waals surface area contributed by atoms with E-state index >= 15 is 0 Å². The fraction of sp³-hybridized carbons (Fsp3) is 0.857. The molecule has 0 amide bonds. The third-order valence-electron chi connectivity index (χ3n) is 1.88. The lowest BCUT2D eigenvalue weighted by atomic mass is 10.5. The molecule has 1 fully saturated rings. The Morgan fingerprint density at radius 3 is 2.73 bits per heavy atom. The highest BCUT2D eigenvalue weighted by Gasteiger charge is 2.32. The standard InChI is InChI=1S/C7H16N4/c1-3-9-7(11-8)10-6-4-5(6)2/h5-6H,3-4,8H2,1-2H3,(H2,9,10,11). The van der Waals surface area contributed by atoms with Crippen molar-refractivity contribution in [2.45, 2.75) is 26.3 Å². The molecule has 0 aromatic carbocycles. The van der Waals surface area contributed by atoms with E-state index < -0.39 is 0 Å². The number of nitrogens with two attached hydrogens (primary N) is 1. The van der Waals surface area contributed by atoms with Gasteiger partial charge in [0.05, 0.1) is 0 Å². The van der Waals surface area contributed by atoms with Gasteiger partial charge in [-0.1, -0.05) is 6.92 Å². The largest absolute Gasteiger partial charge is 0.352 e. The zero-order chi connectivity index (χ0) is 8.27. The van der Waals surface area contributed by atoms with Gasteiger partial charge >= 0.3 is 0 Å².